The third kappa shape index (κ3) is 59.8. The third-order valence-electron chi connectivity index (χ3n) is 14.5. The summed E-state index contributed by atoms with van der Waals surface area (Å²) in [6.45, 7) is 6.79. The highest BCUT2D eigenvalue weighted by molar-refractivity contribution is 7.45. The lowest BCUT2D eigenvalue weighted by Crippen LogP contribution is -2.47. The van der Waals surface area contributed by atoms with Crippen molar-refractivity contribution >= 4 is 19.7 Å². The second kappa shape index (κ2) is 59.4. The van der Waals surface area contributed by atoms with Crippen LogP contribution in [-0.2, 0) is 27.9 Å². The van der Waals surface area contributed by atoms with E-state index in [1.54, 1.807) is 0 Å². The smallest absolute Gasteiger partial charge is 0.306 e. The van der Waals surface area contributed by atoms with Crippen molar-refractivity contribution < 1.29 is 37.3 Å². The van der Waals surface area contributed by atoms with Crippen LogP contribution in [0.3, 0.4) is 0 Å². The van der Waals surface area contributed by atoms with E-state index in [-0.39, 0.29) is 24.9 Å². The van der Waals surface area contributed by atoms with E-state index < -0.39 is 26.6 Å². The first-order valence-corrected chi connectivity index (χ1v) is 34.9. The van der Waals surface area contributed by atoms with Crippen LogP contribution >= 0.6 is 7.82 Å². The van der Waals surface area contributed by atoms with E-state index in [0.29, 0.717) is 23.9 Å². The quantitative estimate of drug-likeness (QED) is 0.0212. The molecule has 10 heteroatoms. The lowest BCUT2D eigenvalue weighted by atomic mass is 10.0. The Balaban J connectivity index is 5.19. The van der Waals surface area contributed by atoms with Gasteiger partial charge in [0.2, 0.25) is 5.91 Å². The number of ether oxygens (including phenoxy) is 1. The molecule has 0 saturated heterocycles. The lowest BCUT2D eigenvalue weighted by molar-refractivity contribution is -0.870. The molecule has 1 amide bonds. The van der Waals surface area contributed by atoms with Gasteiger partial charge in [-0.25, -0.2) is 0 Å². The van der Waals surface area contributed by atoms with E-state index in [1.807, 2.05) is 33.3 Å². The highest BCUT2D eigenvalue weighted by Gasteiger charge is 2.27. The molecule has 464 valence electrons. The largest absolute Gasteiger partial charge is 0.756 e. The molecular formula is C70H127N2O7P. The van der Waals surface area contributed by atoms with Crippen molar-refractivity contribution in [3.8, 4) is 0 Å². The Morgan fingerprint density at radius 1 is 0.438 bits per heavy atom. The minimum absolute atomic E-state index is 0.0283. The molecule has 80 heavy (non-hydrogen) atoms. The number of likely N-dealkylation sites (N-methyl/N-ethyl adjacent to an activating group) is 1. The average Bonchev–Trinajstić information content (AvgIpc) is 3.42. The van der Waals surface area contributed by atoms with Gasteiger partial charge in [-0.3, -0.25) is 14.2 Å². The zero-order chi connectivity index (χ0) is 58.6. The number of nitrogens with zero attached hydrogens (tertiary/aromatic N) is 1. The van der Waals surface area contributed by atoms with Gasteiger partial charge in [-0.1, -0.05) is 260 Å². The van der Waals surface area contributed by atoms with Crippen molar-refractivity contribution in [1.82, 2.24) is 5.32 Å². The Bertz CT molecular complexity index is 1640. The van der Waals surface area contributed by atoms with Gasteiger partial charge in [-0.15, -0.1) is 0 Å². The molecule has 0 rings (SSSR count). The van der Waals surface area contributed by atoms with E-state index in [0.717, 1.165) is 109 Å². The number of nitrogens with one attached hydrogen (secondary N) is 1. The summed E-state index contributed by atoms with van der Waals surface area (Å²) in [4.78, 5) is 40.1. The van der Waals surface area contributed by atoms with E-state index in [1.165, 1.54) is 148 Å². The molecule has 0 aliphatic carbocycles. The number of quaternary nitrogens is 1. The SMILES string of the molecule is CCCCC/C=C\C/C=C\C/C=C\CCCCCCCCCCCCC(=O)NC(COP(=O)([O-])OCC[N+](C)(C)C)C(/C=C\CCCCCCCCCCCC)OC(=O)CCCCCCCC/C=C\C/C=C\C/C=C\CCCCC. The standard InChI is InChI=1S/C70H127N2O7P/c1-7-10-13-16-19-22-25-28-30-32-34-35-36-37-39-40-42-44-47-50-53-56-59-62-69(73)71-67(66-78-80(75,76)77-65-64-72(4,5)6)68(61-58-55-52-49-46-27-24-21-18-15-12-9-3)79-70(74)63-60-57-54-51-48-45-43-41-38-33-31-29-26-23-20-17-14-11-8-2/h19-20,22-23,28-31,34-35,38,41,58,61,67-68H,7-18,21,24-27,32-33,36-37,39-40,42-57,59-60,62-66H2,1-6H3,(H-,71,73,75,76)/b22-19-,23-20-,30-28-,31-29-,35-34-,41-38-,61-58-. The lowest BCUT2D eigenvalue weighted by Gasteiger charge is -2.30. The number of hydrogen-bond donors (Lipinski definition) is 1. The first-order valence-electron chi connectivity index (χ1n) is 33.4. The third-order valence-corrected chi connectivity index (χ3v) is 15.5. The summed E-state index contributed by atoms with van der Waals surface area (Å²) in [5.41, 5.74) is 0. The Labute approximate surface area is 495 Å². The summed E-state index contributed by atoms with van der Waals surface area (Å²) in [7, 11) is 1.17. The summed E-state index contributed by atoms with van der Waals surface area (Å²) in [6.07, 6.45) is 78.3. The maximum absolute atomic E-state index is 13.6. The number of rotatable bonds is 60. The van der Waals surface area contributed by atoms with Crippen molar-refractivity contribution in [1.29, 1.82) is 0 Å². The molecule has 0 saturated carbocycles. The second-order valence-electron chi connectivity index (χ2n) is 23.6. The van der Waals surface area contributed by atoms with Crippen LogP contribution in [0.1, 0.15) is 297 Å². The van der Waals surface area contributed by atoms with Gasteiger partial charge in [0.15, 0.2) is 0 Å². The van der Waals surface area contributed by atoms with E-state index in [4.69, 9.17) is 13.8 Å². The fourth-order valence-corrected chi connectivity index (χ4v) is 10.1. The number of carbonyl (C=O) groups excluding carboxylic acids is 2. The predicted molar refractivity (Wildman–Crippen MR) is 344 cm³/mol. The molecule has 3 atom stereocenters. The molecular weight excluding hydrogens is 1010 g/mol. The molecule has 0 aromatic heterocycles. The molecule has 0 spiro atoms. The normalized spacial score (nSPS) is 14.1. The molecule has 3 unspecified atom stereocenters. The molecule has 0 aromatic rings. The van der Waals surface area contributed by atoms with E-state index >= 15 is 0 Å². The number of phosphoric ester groups is 1. The number of phosphoric acid groups is 1. The molecule has 0 fully saturated rings. The zero-order valence-electron chi connectivity index (χ0n) is 53.0. The van der Waals surface area contributed by atoms with Gasteiger partial charge in [0.1, 0.15) is 19.3 Å². The van der Waals surface area contributed by atoms with Gasteiger partial charge >= 0.3 is 5.97 Å². The van der Waals surface area contributed by atoms with Crippen LogP contribution in [0, 0.1) is 0 Å². The van der Waals surface area contributed by atoms with E-state index in [9.17, 15) is 19.0 Å². The zero-order valence-corrected chi connectivity index (χ0v) is 53.9. The molecule has 0 heterocycles. The molecule has 0 aliphatic heterocycles. The first kappa shape index (κ1) is 77.2. The van der Waals surface area contributed by atoms with Gasteiger partial charge in [0, 0.05) is 12.8 Å². The minimum atomic E-state index is -4.71. The number of carbonyl (C=O) groups is 2. The van der Waals surface area contributed by atoms with Gasteiger partial charge in [-0.05, 0) is 109 Å². The molecule has 1 N–H and O–H groups in total. The van der Waals surface area contributed by atoms with Crippen molar-refractivity contribution in [3.05, 3.63) is 85.1 Å². The van der Waals surface area contributed by atoms with Crippen LogP contribution in [0.15, 0.2) is 85.1 Å². The summed E-state index contributed by atoms with van der Waals surface area (Å²) in [6, 6.07) is -0.900. The molecule has 0 aromatic carbocycles. The maximum atomic E-state index is 13.6. The minimum Gasteiger partial charge on any atom is -0.756 e. The van der Waals surface area contributed by atoms with Crippen molar-refractivity contribution in [2.75, 3.05) is 40.9 Å². The summed E-state index contributed by atoms with van der Waals surface area (Å²) in [5, 5.41) is 3.03. The van der Waals surface area contributed by atoms with Crippen LogP contribution in [0.4, 0.5) is 0 Å². The summed E-state index contributed by atoms with van der Waals surface area (Å²) < 4.78 is 30.4. The van der Waals surface area contributed by atoms with Crippen molar-refractivity contribution in [3.63, 3.8) is 0 Å². The molecule has 0 aliphatic rings. The summed E-state index contributed by atoms with van der Waals surface area (Å²) >= 11 is 0. The van der Waals surface area contributed by atoms with Crippen LogP contribution < -0.4 is 10.2 Å². The summed E-state index contributed by atoms with van der Waals surface area (Å²) in [5.74, 6) is -0.557. The van der Waals surface area contributed by atoms with Crippen LogP contribution in [0.2, 0.25) is 0 Å². The highest BCUT2D eigenvalue weighted by atomic mass is 31.2. The number of hydrogen-bond acceptors (Lipinski definition) is 7. The predicted octanol–water partition coefficient (Wildman–Crippen LogP) is 20.3. The van der Waals surface area contributed by atoms with Crippen LogP contribution in [-0.4, -0.2) is 69.4 Å². The molecule has 0 bridgehead atoms. The topological polar surface area (TPSA) is 114 Å². The average molecular weight is 1140 g/mol. The number of unbranched alkanes of at least 4 members (excludes halogenated alkanes) is 32. The highest BCUT2D eigenvalue weighted by Crippen LogP contribution is 2.38. The molecule has 0 radical (unpaired) electrons. The monoisotopic (exact) mass is 1140 g/mol. The Morgan fingerprint density at radius 2 is 0.762 bits per heavy atom. The van der Waals surface area contributed by atoms with Gasteiger partial charge in [0.05, 0.1) is 33.8 Å². The fraction of sp³-hybridized carbons (Fsp3) is 0.771. The Kier molecular flexibility index (Phi) is 57.3. The maximum Gasteiger partial charge on any atom is 0.306 e. The first-order chi connectivity index (χ1) is 38.9. The number of allylic oxidation sites excluding steroid dienone is 13. The number of amides is 1. The Hall–Kier alpha value is -2.81. The fourth-order valence-electron chi connectivity index (χ4n) is 9.36. The van der Waals surface area contributed by atoms with Crippen molar-refractivity contribution in [2.24, 2.45) is 0 Å². The van der Waals surface area contributed by atoms with E-state index in [2.05, 4.69) is 99.0 Å². The van der Waals surface area contributed by atoms with Gasteiger partial charge in [0.25, 0.3) is 7.82 Å². The van der Waals surface area contributed by atoms with Gasteiger partial charge in [-0.2, -0.15) is 0 Å². The van der Waals surface area contributed by atoms with Gasteiger partial charge < -0.3 is 28.5 Å². The van der Waals surface area contributed by atoms with Crippen LogP contribution in [0.25, 0.3) is 0 Å². The molecule has 9 nitrogen and oxygen atoms in total. The second-order valence-corrected chi connectivity index (χ2v) is 25.0. The van der Waals surface area contributed by atoms with Crippen LogP contribution in [0.5, 0.6) is 0 Å². The number of esters is 1. The van der Waals surface area contributed by atoms with Crippen molar-refractivity contribution in [2.45, 2.75) is 309 Å². The Morgan fingerprint density at radius 3 is 1.16 bits per heavy atom.